The molecule has 0 aromatic carbocycles. The Labute approximate surface area is 102 Å². The fraction of sp³-hybridized carbons (Fsp3) is 0.556. The largest absolute Gasteiger partial charge is 0.467 e. The molecule has 0 atom stereocenters. The second kappa shape index (κ2) is 4.93. The predicted octanol–water partition coefficient (Wildman–Crippen LogP) is 0.926. The van der Waals surface area contributed by atoms with Gasteiger partial charge in [-0.1, -0.05) is 0 Å². The van der Waals surface area contributed by atoms with Gasteiger partial charge in [-0.15, -0.1) is 0 Å². The predicted molar refractivity (Wildman–Crippen MR) is 64.3 cm³/mol. The van der Waals surface area contributed by atoms with Crippen LogP contribution < -0.4 is 9.64 Å². The molecule has 0 radical (unpaired) electrons. The smallest absolute Gasteiger partial charge is 0.319 e. The molecule has 0 bridgehead atoms. The lowest BCUT2D eigenvalue weighted by Gasteiger charge is -2.27. The van der Waals surface area contributed by atoms with Crippen molar-refractivity contribution < 1.29 is 9.47 Å². The van der Waals surface area contributed by atoms with Gasteiger partial charge < -0.3 is 14.4 Å². The average Bonchev–Trinajstić information content (AvgIpc) is 2.29. The number of methoxy groups -OCH3 is 1. The van der Waals surface area contributed by atoms with Crippen LogP contribution in [0.2, 0.25) is 0 Å². The molecule has 0 saturated carbocycles. The molecule has 2 heterocycles. The van der Waals surface area contributed by atoms with Gasteiger partial charge in [0.05, 0.1) is 20.3 Å². The number of nitrogens with zero attached hydrogens (tertiary/aromatic N) is 3. The van der Waals surface area contributed by atoms with Crippen molar-refractivity contribution in [1.82, 2.24) is 9.97 Å². The summed E-state index contributed by atoms with van der Waals surface area (Å²) in [6, 6.07) is 2.37. The maximum Gasteiger partial charge on any atom is 0.319 e. The molecule has 1 fully saturated rings. The van der Waals surface area contributed by atoms with E-state index in [4.69, 9.17) is 9.47 Å². The Hall–Kier alpha value is -0.630. The first-order valence-electron chi connectivity index (χ1n) is 4.71. The molecule has 0 N–H and O–H groups in total. The van der Waals surface area contributed by atoms with Gasteiger partial charge in [0.2, 0.25) is 0 Å². The molecule has 0 unspecified atom stereocenters. The molecule has 1 aliphatic heterocycles. The third kappa shape index (κ3) is 2.69. The summed E-state index contributed by atoms with van der Waals surface area (Å²) in [4.78, 5) is 10.6. The van der Waals surface area contributed by atoms with Crippen molar-refractivity contribution in [2.24, 2.45) is 0 Å². The van der Waals surface area contributed by atoms with Crippen LogP contribution in [-0.4, -0.2) is 43.4 Å². The van der Waals surface area contributed by atoms with Gasteiger partial charge in [-0.05, 0) is 22.6 Å². The molecule has 2 rings (SSSR count). The first-order chi connectivity index (χ1) is 7.29. The Morgan fingerprint density at radius 2 is 2.13 bits per heavy atom. The summed E-state index contributed by atoms with van der Waals surface area (Å²) in [6.45, 7) is 3.25. The highest BCUT2D eigenvalue weighted by molar-refractivity contribution is 14.1. The highest BCUT2D eigenvalue weighted by Gasteiger charge is 2.14. The summed E-state index contributed by atoms with van der Waals surface area (Å²) in [5.41, 5.74) is 0. The summed E-state index contributed by atoms with van der Waals surface area (Å²) in [5.74, 6) is 0.912. The molecule has 1 aromatic heterocycles. The quantitative estimate of drug-likeness (QED) is 0.599. The van der Waals surface area contributed by atoms with Crippen LogP contribution in [0.5, 0.6) is 6.01 Å². The molecule has 15 heavy (non-hydrogen) atoms. The van der Waals surface area contributed by atoms with Crippen molar-refractivity contribution in [2.45, 2.75) is 0 Å². The van der Waals surface area contributed by atoms with Crippen molar-refractivity contribution in [1.29, 1.82) is 0 Å². The van der Waals surface area contributed by atoms with Gasteiger partial charge in [-0.3, -0.25) is 0 Å². The van der Waals surface area contributed by atoms with Gasteiger partial charge in [0.15, 0.2) is 0 Å². The first-order valence-corrected chi connectivity index (χ1v) is 5.79. The van der Waals surface area contributed by atoms with Crippen LogP contribution >= 0.6 is 22.6 Å². The zero-order chi connectivity index (χ0) is 10.7. The van der Waals surface area contributed by atoms with E-state index >= 15 is 0 Å². The molecule has 1 aliphatic rings. The van der Waals surface area contributed by atoms with E-state index in [0.29, 0.717) is 6.01 Å². The lowest BCUT2D eigenvalue weighted by atomic mass is 10.4. The molecule has 1 saturated heterocycles. The number of hydrogen-bond acceptors (Lipinski definition) is 5. The van der Waals surface area contributed by atoms with E-state index in [1.165, 1.54) is 0 Å². The maximum atomic E-state index is 5.29. The lowest BCUT2D eigenvalue weighted by Crippen LogP contribution is -2.36. The number of ether oxygens (including phenoxy) is 2. The number of hydrogen-bond donors (Lipinski definition) is 0. The molecule has 0 aliphatic carbocycles. The van der Waals surface area contributed by atoms with Gasteiger partial charge in [-0.25, -0.2) is 0 Å². The van der Waals surface area contributed by atoms with Gasteiger partial charge in [-0.2, -0.15) is 9.97 Å². The Bertz CT molecular complexity index is 342. The van der Waals surface area contributed by atoms with Crippen LogP contribution in [0.15, 0.2) is 6.07 Å². The monoisotopic (exact) mass is 321 g/mol. The van der Waals surface area contributed by atoms with E-state index in [0.717, 1.165) is 35.8 Å². The van der Waals surface area contributed by atoms with Crippen molar-refractivity contribution in [3.05, 3.63) is 9.77 Å². The van der Waals surface area contributed by atoms with E-state index in [2.05, 4.69) is 37.5 Å². The van der Waals surface area contributed by atoms with Crippen LogP contribution in [0, 0.1) is 3.70 Å². The number of aromatic nitrogens is 2. The molecule has 5 nitrogen and oxygen atoms in total. The van der Waals surface area contributed by atoms with Crippen LogP contribution in [0.1, 0.15) is 0 Å². The summed E-state index contributed by atoms with van der Waals surface area (Å²) in [6.07, 6.45) is 0. The molecule has 82 valence electrons. The van der Waals surface area contributed by atoms with Gasteiger partial charge in [0, 0.05) is 19.2 Å². The van der Waals surface area contributed by atoms with Crippen LogP contribution in [0.4, 0.5) is 5.82 Å². The number of rotatable bonds is 2. The highest BCUT2D eigenvalue weighted by Crippen LogP contribution is 2.18. The van der Waals surface area contributed by atoms with Crippen molar-refractivity contribution >= 4 is 28.4 Å². The fourth-order valence-corrected chi connectivity index (χ4v) is 1.92. The molecule has 1 aromatic rings. The minimum absolute atomic E-state index is 0.420. The normalized spacial score (nSPS) is 16.5. The number of morpholine rings is 1. The summed E-state index contributed by atoms with van der Waals surface area (Å²) in [5, 5.41) is 0. The Morgan fingerprint density at radius 3 is 2.80 bits per heavy atom. The van der Waals surface area contributed by atoms with E-state index in [9.17, 15) is 0 Å². The zero-order valence-electron chi connectivity index (χ0n) is 8.44. The van der Waals surface area contributed by atoms with E-state index in [-0.39, 0.29) is 0 Å². The van der Waals surface area contributed by atoms with Gasteiger partial charge in [0.1, 0.15) is 9.52 Å². The molecule has 0 spiro atoms. The van der Waals surface area contributed by atoms with Crippen LogP contribution in [0.3, 0.4) is 0 Å². The third-order valence-corrected chi connectivity index (χ3v) is 2.73. The lowest BCUT2D eigenvalue weighted by molar-refractivity contribution is 0.122. The third-order valence-electron chi connectivity index (χ3n) is 2.18. The van der Waals surface area contributed by atoms with Gasteiger partial charge in [0.25, 0.3) is 0 Å². The van der Waals surface area contributed by atoms with E-state index in [1.807, 2.05) is 6.07 Å². The van der Waals surface area contributed by atoms with Crippen molar-refractivity contribution in [2.75, 3.05) is 38.3 Å². The van der Waals surface area contributed by atoms with E-state index in [1.54, 1.807) is 7.11 Å². The standard InChI is InChI=1S/C9H12IN3O2/c1-14-9-11-7(10)6-8(12-9)13-2-4-15-5-3-13/h6H,2-5H2,1H3. The Balaban J connectivity index is 2.22. The Kier molecular flexibility index (Phi) is 3.57. The van der Waals surface area contributed by atoms with E-state index < -0.39 is 0 Å². The second-order valence-corrected chi connectivity index (χ2v) is 4.24. The maximum absolute atomic E-state index is 5.29. The Morgan fingerprint density at radius 1 is 1.40 bits per heavy atom. The minimum Gasteiger partial charge on any atom is -0.467 e. The zero-order valence-corrected chi connectivity index (χ0v) is 10.6. The first kappa shape index (κ1) is 10.9. The summed E-state index contributed by atoms with van der Waals surface area (Å²) >= 11 is 2.16. The molecular formula is C9H12IN3O2. The SMILES string of the molecule is COc1nc(I)cc(N2CCOCC2)n1. The summed E-state index contributed by atoms with van der Waals surface area (Å²) in [7, 11) is 1.58. The topological polar surface area (TPSA) is 47.5 Å². The highest BCUT2D eigenvalue weighted by atomic mass is 127. The number of anilines is 1. The van der Waals surface area contributed by atoms with Gasteiger partial charge >= 0.3 is 6.01 Å². The van der Waals surface area contributed by atoms with Crippen molar-refractivity contribution in [3.8, 4) is 6.01 Å². The summed E-state index contributed by atoms with van der Waals surface area (Å²) < 4.78 is 11.2. The molecule has 0 amide bonds. The average molecular weight is 321 g/mol. The van der Waals surface area contributed by atoms with Crippen LogP contribution in [-0.2, 0) is 4.74 Å². The molecule has 6 heteroatoms. The fourth-order valence-electron chi connectivity index (χ4n) is 1.43. The van der Waals surface area contributed by atoms with Crippen LogP contribution in [0.25, 0.3) is 0 Å². The second-order valence-electron chi connectivity index (χ2n) is 3.13. The molecular weight excluding hydrogens is 309 g/mol. The number of halogens is 1. The van der Waals surface area contributed by atoms with Crippen molar-refractivity contribution in [3.63, 3.8) is 0 Å². The minimum atomic E-state index is 0.420.